The third-order valence-corrected chi connectivity index (χ3v) is 25.2. The average Bonchev–Trinajstić information content (AvgIpc) is 1.65. The van der Waals surface area contributed by atoms with Crippen LogP contribution in [0.25, 0.3) is 0 Å². The van der Waals surface area contributed by atoms with Crippen LogP contribution in [0.1, 0.15) is 252 Å². The summed E-state index contributed by atoms with van der Waals surface area (Å²) in [4.78, 5) is 142. The number of carbonyl (C=O) groups excluding carboxylic acids is 11. The zero-order chi connectivity index (χ0) is 97.6. The van der Waals surface area contributed by atoms with Gasteiger partial charge in [-0.05, 0) is 285 Å². The summed E-state index contributed by atoms with van der Waals surface area (Å²) >= 11 is 0. The van der Waals surface area contributed by atoms with Gasteiger partial charge in [-0.1, -0.05) is 45.1 Å². The Kier molecular flexibility index (Phi) is 46.1. The van der Waals surface area contributed by atoms with Crippen LogP contribution in [0.15, 0.2) is 49.1 Å². The molecule has 3 unspecified atom stereocenters. The molecule has 0 aromatic carbocycles. The summed E-state index contributed by atoms with van der Waals surface area (Å²) in [5.74, 6) is 4.24. The van der Waals surface area contributed by atoms with Crippen molar-refractivity contribution in [2.45, 2.75) is 301 Å². The van der Waals surface area contributed by atoms with E-state index in [1.54, 1.807) is 25.8 Å². The molecule has 12 fully saturated rings. The number of aryl methyl sites for hydroxylation is 2. The summed E-state index contributed by atoms with van der Waals surface area (Å²) in [5, 5.41) is 31.4. The number of allylic oxidation sites excluding steroid dienone is 4. The van der Waals surface area contributed by atoms with Crippen molar-refractivity contribution < 1.29 is 143 Å². The number of rotatable bonds is 5. The van der Waals surface area contributed by atoms with E-state index in [0.717, 1.165) is 110 Å². The average molecular weight is 1910 g/mol. The van der Waals surface area contributed by atoms with Crippen LogP contribution in [-0.4, -0.2) is 280 Å². The molecule has 16 rings (SSSR count). The number of aromatic nitrogens is 4. The van der Waals surface area contributed by atoms with Gasteiger partial charge >= 0.3 is 78.2 Å². The SMILES string of the molecule is C.CC(C)(C)OC(=O)N1C[C@H]2CC(=O)C[C@H]2C1.CC(C)(C)OC(=O)N1C[C@H]2CC(O)C[C@H]2C1.CC(C)(C)OC(=O)N1C[C@H]2CC(OS(C)(=O)=O)C[C@H]2C1.CC(C)(C)OC(=O)N1C[C@H]2CC=CC[C@H]2C1.C[C@@H]1CN(C(=O)OC(C)(C)C)C[C@@H]1CC(=O)O.Cc1cn[nH]c1.Cc1cnn(C2C[C@@H]3CN(C(=O)OC(C)(C)C)C[C@@H]3C2)c1.O=C1NC(=O)[C@@H]2CC=CC[C@H]12.O=C=O.[B].[CH-]1CCCO1.[Na+]. The Morgan fingerprint density at radius 3 is 1.13 bits per heavy atom. The van der Waals surface area contributed by atoms with E-state index in [4.69, 9.17) is 52.0 Å². The van der Waals surface area contributed by atoms with E-state index in [9.17, 15) is 61.5 Å². The smallest absolute Gasteiger partial charge is 0.552 e. The van der Waals surface area contributed by atoms with Crippen LogP contribution in [-0.2, 0) is 76.2 Å². The van der Waals surface area contributed by atoms with E-state index in [-0.39, 0.29) is 148 Å². The number of Topliss-reactive ketones (excluding diaryl/α,β-unsaturated/α-hetero) is 1. The van der Waals surface area contributed by atoms with Crippen LogP contribution >= 0.6 is 0 Å². The first-order valence-electron chi connectivity index (χ1n) is 46.5. The minimum Gasteiger partial charge on any atom is -0.552 e. The van der Waals surface area contributed by atoms with E-state index in [1.165, 1.54) is 17.5 Å². The van der Waals surface area contributed by atoms with E-state index in [1.807, 2.05) is 179 Å². The van der Waals surface area contributed by atoms with E-state index in [2.05, 4.69) is 50.6 Å². The van der Waals surface area contributed by atoms with Crippen LogP contribution in [0.2, 0.25) is 0 Å². The number of hydrogen-bond donors (Lipinski definition) is 4. The van der Waals surface area contributed by atoms with Gasteiger partial charge in [0.05, 0.1) is 55.2 Å². The normalized spacial score (nSPS) is 27.5. The fraction of sp³-hybridized carbons (Fsp3) is 0.771. The molecule has 2 aromatic rings. The number of carboxylic acid groups (broad SMARTS) is 1. The molecule has 2 aromatic heterocycles. The number of carboxylic acids is 1. The quantitative estimate of drug-likeness (QED) is 0.0539. The molecule has 8 amide bonds. The van der Waals surface area contributed by atoms with Crippen molar-refractivity contribution in [3.63, 3.8) is 0 Å². The van der Waals surface area contributed by atoms with E-state index in [0.29, 0.717) is 136 Å². The Bertz CT molecular complexity index is 4220. The molecule has 6 aliphatic carbocycles. The van der Waals surface area contributed by atoms with Crippen molar-refractivity contribution in [2.24, 2.45) is 82.9 Å². The minimum atomic E-state index is -3.40. The van der Waals surface area contributed by atoms with Crippen molar-refractivity contribution >= 4 is 84.8 Å². The summed E-state index contributed by atoms with van der Waals surface area (Å²) in [5.41, 5.74) is -0.272. The molecule has 35 nitrogen and oxygen atoms in total. The van der Waals surface area contributed by atoms with Crippen molar-refractivity contribution in [1.29, 1.82) is 0 Å². The van der Waals surface area contributed by atoms with E-state index >= 15 is 0 Å². The molecule has 8 saturated heterocycles. The van der Waals surface area contributed by atoms with Gasteiger partial charge in [-0.15, -0.1) is 0 Å². The summed E-state index contributed by atoms with van der Waals surface area (Å²) in [6, 6.07) is 0.495. The van der Waals surface area contributed by atoms with Gasteiger partial charge in [0.15, 0.2) is 0 Å². The summed E-state index contributed by atoms with van der Waals surface area (Å²) in [6.07, 6.45) is 28.4. The predicted molar refractivity (Wildman–Crippen MR) is 497 cm³/mol. The van der Waals surface area contributed by atoms with Gasteiger partial charge in [0.25, 0.3) is 10.1 Å². The maximum atomic E-state index is 12.1. The fourth-order valence-electron chi connectivity index (χ4n) is 18.8. The molecule has 134 heavy (non-hydrogen) atoms. The Labute approximate surface area is 819 Å². The minimum absolute atomic E-state index is 0. The number of ether oxygens (including phenoxy) is 7. The molecule has 38 heteroatoms. The number of aromatic amines is 1. The van der Waals surface area contributed by atoms with Gasteiger partial charge in [-0.3, -0.25) is 38.5 Å². The monoisotopic (exact) mass is 1910 g/mol. The first kappa shape index (κ1) is 118. The van der Waals surface area contributed by atoms with Crippen molar-refractivity contribution in [3.05, 3.63) is 66.8 Å². The number of aliphatic carboxylic acids is 1. The molecular weight excluding hydrogens is 1760 g/mol. The molecule has 0 spiro atoms. The molecule has 4 saturated carbocycles. The number of hydrogen-bond acceptors (Lipinski definition) is 25. The van der Waals surface area contributed by atoms with Crippen molar-refractivity contribution in [3.8, 4) is 0 Å². The van der Waals surface area contributed by atoms with E-state index < -0.39 is 44.1 Å². The van der Waals surface area contributed by atoms with Gasteiger partial charge in [0.1, 0.15) is 39.4 Å². The molecule has 14 aliphatic rings. The summed E-state index contributed by atoms with van der Waals surface area (Å²) in [7, 11) is -3.40. The zero-order valence-corrected chi connectivity index (χ0v) is 86.0. The van der Waals surface area contributed by atoms with Crippen LogP contribution in [0.3, 0.4) is 0 Å². The molecule has 4 N–H and O–H groups in total. The second-order valence-corrected chi connectivity index (χ2v) is 44.9. The molecule has 10 heterocycles. The number of H-pyrrole nitrogens is 1. The van der Waals surface area contributed by atoms with Crippen molar-refractivity contribution in [1.82, 2.24) is 54.7 Å². The van der Waals surface area contributed by atoms with Gasteiger partial charge < -0.3 is 72.8 Å². The van der Waals surface area contributed by atoms with Gasteiger partial charge in [0.2, 0.25) is 11.8 Å². The first-order chi connectivity index (χ1) is 60.8. The Morgan fingerprint density at radius 1 is 0.507 bits per heavy atom. The Balaban J connectivity index is 0.000000319. The molecule has 749 valence electrons. The number of ketones is 1. The van der Waals surface area contributed by atoms with Gasteiger partial charge in [-0.2, -0.15) is 34.6 Å². The largest absolute Gasteiger partial charge is 1.00 e. The van der Waals surface area contributed by atoms with Crippen molar-refractivity contribution in [2.75, 3.05) is 91.4 Å². The maximum absolute atomic E-state index is 12.1. The second kappa shape index (κ2) is 52.2. The second-order valence-electron chi connectivity index (χ2n) is 43.3. The predicted octanol–water partition coefficient (Wildman–Crippen LogP) is 11.4. The molecule has 3 radical (unpaired) electrons. The standard InChI is InChI=1S/C16H25N3O2.C13H23NO5S.C13H21NO2.C12H21NO4.C12H21NO3.C12H19NO3.C8H9NO2.C4H6N2.C4H7O.CO2.CH4.B.Na/c1-11-7-17-19(8-11)14-5-12-9-18(10-13(12)6-14)15(20)21-16(2,3)4;1-13(2,3)18-12(15)14-7-9-5-11(6-10(9)8-14)19-20(4,16)17;1-13(2,3)16-12(15)14-8-10-6-4-5-7-11(10)9-14;1-8-6-13(7-9(8)5-10(14)15)11(16)17-12(2,3)4;2*1-12(2,3)16-11(15)13-6-8-4-10(14)5-9(8)7-13;10-7-5-3-1-2-4-6(5)8(11)9-7;1-4-2-5-6-3-4;1-2-4-5-3-1;2-1-3;;;/h7-8,12-14H,5-6,9-10H2,1-4H3;9-11H,5-8H2,1-4H3;4-5,10-11H,6-9H2,1-3H3;8-9H,5-7H2,1-4H3,(H,14,15);8-10,14H,4-7H2,1-3H3;8-9H,4-7H2,1-3H3;1-2,5-6H,3-4H2,(H,9,10,11);2-3H,1H3,(H,5,6);3H,1-2,4H2;;1H4;;/q;;;;;;;;-1;;;;+1/t12-,13+,14?;9-,10+,11?;10-,11+;8-,9+;8-,9+,10?;8-,9+;5-,6+;;;;;;/m...1........./s1. The van der Waals surface area contributed by atoms with Crippen LogP contribution < -0.4 is 34.9 Å². The van der Waals surface area contributed by atoms with Gasteiger partial charge in [-0.25, -0.2) is 35.4 Å². The molecule has 8 aliphatic heterocycles. The fourth-order valence-corrected chi connectivity index (χ4v) is 19.5. The van der Waals surface area contributed by atoms with Crippen LogP contribution in [0, 0.1) is 103 Å². The topological polar surface area (TPSA) is 431 Å². The third kappa shape index (κ3) is 41.0. The third-order valence-electron chi connectivity index (χ3n) is 24.6. The molecule has 17 atom stereocenters. The number of nitrogens with zero attached hydrogens (tertiary/aromatic N) is 9. The Morgan fingerprint density at radius 2 is 0.843 bits per heavy atom. The number of carbonyl (C=O) groups is 10. The maximum Gasteiger partial charge on any atom is 1.00 e. The number of aliphatic hydroxyl groups excluding tert-OH is 1. The number of likely N-dealkylation sites (tertiary alicyclic amines) is 6. The number of imide groups is 1. The van der Waals surface area contributed by atoms with Crippen LogP contribution in [0.5, 0.6) is 0 Å². The molecule has 0 bridgehead atoms. The number of aliphatic hydroxyl groups is 1. The number of amides is 8. The van der Waals surface area contributed by atoms with Crippen LogP contribution in [0.4, 0.5) is 28.8 Å². The Hall–Kier alpha value is -7.93. The van der Waals surface area contributed by atoms with Gasteiger partial charge in [0, 0.05) is 119 Å². The molecular formula is C96H156BN11NaO24S. The zero-order valence-electron chi connectivity index (χ0n) is 83.2. The number of nitrogens with one attached hydrogen (secondary N) is 2. The summed E-state index contributed by atoms with van der Waals surface area (Å²) in [6.45, 7) is 51.1. The number of fused-ring (bicyclic) bond motifs is 6. The summed E-state index contributed by atoms with van der Waals surface area (Å²) < 4.78 is 66.4. The first-order valence-corrected chi connectivity index (χ1v) is 48.3.